The first-order chi connectivity index (χ1) is 9.88. The molecular formula is C13H17ClN4O3. The standard InChI is InChI=1S/C13H17ClN4O3/c1-16-4-3-9(7-16)8-17(2)13(19)11-5-10(18(20)21)6-15-12(11)14/h5-6,9H,3-4,7-8H2,1-2H3. The summed E-state index contributed by atoms with van der Waals surface area (Å²) in [6, 6.07) is 1.18. The van der Waals surface area contributed by atoms with Crippen molar-refractivity contribution in [3.63, 3.8) is 0 Å². The summed E-state index contributed by atoms with van der Waals surface area (Å²) >= 11 is 5.89. The van der Waals surface area contributed by atoms with Crippen molar-refractivity contribution in [2.75, 3.05) is 33.7 Å². The number of nitro groups is 1. The first-order valence-corrected chi connectivity index (χ1v) is 7.00. The predicted molar refractivity (Wildman–Crippen MR) is 78.5 cm³/mol. The number of halogens is 1. The van der Waals surface area contributed by atoms with Crippen LogP contribution in [0.2, 0.25) is 5.15 Å². The van der Waals surface area contributed by atoms with Crippen molar-refractivity contribution >= 4 is 23.2 Å². The van der Waals surface area contributed by atoms with E-state index < -0.39 is 4.92 Å². The highest BCUT2D eigenvalue weighted by atomic mass is 35.5. The number of amides is 1. The van der Waals surface area contributed by atoms with Gasteiger partial charge in [-0.25, -0.2) is 4.98 Å². The maximum atomic E-state index is 12.4. The lowest BCUT2D eigenvalue weighted by atomic mass is 10.1. The zero-order valence-corrected chi connectivity index (χ0v) is 12.7. The Balaban J connectivity index is 2.11. The lowest BCUT2D eigenvalue weighted by molar-refractivity contribution is -0.385. The smallest absolute Gasteiger partial charge is 0.288 e. The largest absolute Gasteiger partial charge is 0.341 e. The maximum absolute atomic E-state index is 12.4. The molecule has 1 aliphatic rings. The van der Waals surface area contributed by atoms with Gasteiger partial charge in [0.2, 0.25) is 0 Å². The van der Waals surface area contributed by atoms with E-state index in [1.807, 2.05) is 7.05 Å². The Kier molecular flexibility index (Phi) is 4.74. The molecule has 8 heteroatoms. The van der Waals surface area contributed by atoms with Gasteiger partial charge in [0.1, 0.15) is 11.3 Å². The summed E-state index contributed by atoms with van der Waals surface area (Å²) in [7, 11) is 3.72. The summed E-state index contributed by atoms with van der Waals surface area (Å²) < 4.78 is 0. The number of hydrogen-bond donors (Lipinski definition) is 0. The molecule has 0 N–H and O–H groups in total. The zero-order valence-electron chi connectivity index (χ0n) is 12.0. The molecule has 0 radical (unpaired) electrons. The third kappa shape index (κ3) is 3.68. The molecule has 0 spiro atoms. The molecule has 114 valence electrons. The summed E-state index contributed by atoms with van der Waals surface area (Å²) in [5.41, 5.74) is -0.170. The third-order valence-electron chi connectivity index (χ3n) is 3.63. The molecule has 1 aromatic rings. The van der Waals surface area contributed by atoms with E-state index in [0.29, 0.717) is 12.5 Å². The monoisotopic (exact) mass is 312 g/mol. The number of nitrogens with zero attached hydrogens (tertiary/aromatic N) is 4. The number of aromatic nitrogens is 1. The van der Waals surface area contributed by atoms with E-state index >= 15 is 0 Å². The van der Waals surface area contributed by atoms with Crippen molar-refractivity contribution in [2.45, 2.75) is 6.42 Å². The van der Waals surface area contributed by atoms with Crippen molar-refractivity contribution < 1.29 is 9.72 Å². The minimum absolute atomic E-state index is 0.0130. The number of carbonyl (C=O) groups is 1. The Morgan fingerprint density at radius 2 is 2.38 bits per heavy atom. The van der Waals surface area contributed by atoms with Crippen LogP contribution in [0.1, 0.15) is 16.8 Å². The van der Waals surface area contributed by atoms with Gasteiger partial charge in [0.05, 0.1) is 10.5 Å². The molecule has 7 nitrogen and oxygen atoms in total. The van der Waals surface area contributed by atoms with Gasteiger partial charge in [-0.2, -0.15) is 0 Å². The van der Waals surface area contributed by atoms with Crippen molar-refractivity contribution in [3.8, 4) is 0 Å². The van der Waals surface area contributed by atoms with Gasteiger partial charge in [-0.05, 0) is 25.9 Å². The highest BCUT2D eigenvalue weighted by Gasteiger charge is 2.25. The highest BCUT2D eigenvalue weighted by Crippen LogP contribution is 2.22. The zero-order chi connectivity index (χ0) is 15.6. The fourth-order valence-electron chi connectivity index (χ4n) is 2.54. The summed E-state index contributed by atoms with van der Waals surface area (Å²) in [6.07, 6.45) is 2.08. The summed E-state index contributed by atoms with van der Waals surface area (Å²) in [4.78, 5) is 30.0. The van der Waals surface area contributed by atoms with E-state index in [2.05, 4.69) is 9.88 Å². The first kappa shape index (κ1) is 15.7. The quantitative estimate of drug-likeness (QED) is 0.480. The molecule has 0 saturated carbocycles. The van der Waals surface area contributed by atoms with Crippen LogP contribution in [0.4, 0.5) is 5.69 Å². The summed E-state index contributed by atoms with van der Waals surface area (Å²) in [6.45, 7) is 2.56. The van der Waals surface area contributed by atoms with Crippen molar-refractivity contribution in [2.24, 2.45) is 5.92 Å². The first-order valence-electron chi connectivity index (χ1n) is 6.62. The Morgan fingerprint density at radius 1 is 1.67 bits per heavy atom. The minimum atomic E-state index is -0.591. The second kappa shape index (κ2) is 6.36. The SMILES string of the molecule is CN1CCC(CN(C)C(=O)c2cc([N+](=O)[O-])cnc2Cl)C1. The van der Waals surface area contributed by atoms with Crippen LogP contribution in [0, 0.1) is 16.0 Å². The Bertz CT molecular complexity index is 566. The predicted octanol–water partition coefficient (Wildman–Crippen LogP) is 1.67. The van der Waals surface area contributed by atoms with Crippen LogP contribution in [0.25, 0.3) is 0 Å². The molecule has 21 heavy (non-hydrogen) atoms. The number of pyridine rings is 1. The van der Waals surface area contributed by atoms with E-state index in [9.17, 15) is 14.9 Å². The number of carbonyl (C=O) groups excluding carboxylic acids is 1. The summed E-state index contributed by atoms with van der Waals surface area (Å²) in [5.74, 6) is 0.0696. The molecule has 1 aromatic heterocycles. The Morgan fingerprint density at radius 3 is 2.95 bits per heavy atom. The molecule has 1 unspecified atom stereocenters. The second-order valence-corrected chi connectivity index (χ2v) is 5.75. The fraction of sp³-hybridized carbons (Fsp3) is 0.538. The molecule has 0 bridgehead atoms. The van der Waals surface area contributed by atoms with Gasteiger partial charge in [-0.15, -0.1) is 0 Å². The number of hydrogen-bond acceptors (Lipinski definition) is 5. The molecule has 1 fully saturated rings. The van der Waals surface area contributed by atoms with Crippen molar-refractivity contribution in [3.05, 3.63) is 33.1 Å². The summed E-state index contributed by atoms with van der Waals surface area (Å²) in [5, 5.41) is 10.8. The highest BCUT2D eigenvalue weighted by molar-refractivity contribution is 6.32. The van der Waals surface area contributed by atoms with Gasteiger partial charge in [-0.3, -0.25) is 14.9 Å². The van der Waals surface area contributed by atoms with Crippen LogP contribution in [0.3, 0.4) is 0 Å². The normalized spacial score (nSPS) is 18.7. The van der Waals surface area contributed by atoms with E-state index in [0.717, 1.165) is 25.7 Å². The molecule has 1 saturated heterocycles. The van der Waals surface area contributed by atoms with Crippen LogP contribution in [-0.2, 0) is 0 Å². The minimum Gasteiger partial charge on any atom is -0.341 e. The van der Waals surface area contributed by atoms with Crippen LogP contribution >= 0.6 is 11.6 Å². The van der Waals surface area contributed by atoms with Gasteiger partial charge in [0.15, 0.2) is 0 Å². The second-order valence-electron chi connectivity index (χ2n) is 5.39. The molecular weight excluding hydrogens is 296 g/mol. The van der Waals surface area contributed by atoms with Crippen LogP contribution in [0.15, 0.2) is 12.3 Å². The third-order valence-corrected chi connectivity index (χ3v) is 3.93. The average Bonchev–Trinajstić information content (AvgIpc) is 2.83. The number of rotatable bonds is 4. The van der Waals surface area contributed by atoms with E-state index in [1.165, 1.54) is 6.07 Å². The van der Waals surface area contributed by atoms with Crippen molar-refractivity contribution in [1.82, 2.24) is 14.8 Å². The Hall–Kier alpha value is -1.73. The van der Waals surface area contributed by atoms with Gasteiger partial charge in [0.25, 0.3) is 11.6 Å². The maximum Gasteiger partial charge on any atom is 0.288 e. The van der Waals surface area contributed by atoms with Gasteiger partial charge in [-0.1, -0.05) is 11.6 Å². The van der Waals surface area contributed by atoms with Crippen LogP contribution in [-0.4, -0.2) is 59.3 Å². The van der Waals surface area contributed by atoms with E-state index in [1.54, 1.807) is 11.9 Å². The lowest BCUT2D eigenvalue weighted by Gasteiger charge is -2.21. The van der Waals surface area contributed by atoms with Crippen LogP contribution in [0.5, 0.6) is 0 Å². The fourth-order valence-corrected chi connectivity index (χ4v) is 2.72. The van der Waals surface area contributed by atoms with Crippen molar-refractivity contribution in [1.29, 1.82) is 0 Å². The Labute approximate surface area is 127 Å². The lowest BCUT2D eigenvalue weighted by Crippen LogP contribution is -2.33. The van der Waals surface area contributed by atoms with E-state index in [4.69, 9.17) is 11.6 Å². The molecule has 0 aromatic carbocycles. The van der Waals surface area contributed by atoms with Crippen LogP contribution < -0.4 is 0 Å². The molecule has 1 aliphatic heterocycles. The molecule has 2 rings (SSSR count). The number of likely N-dealkylation sites (tertiary alicyclic amines) is 1. The molecule has 1 amide bonds. The van der Waals surface area contributed by atoms with Gasteiger partial charge < -0.3 is 9.80 Å². The van der Waals surface area contributed by atoms with Gasteiger partial charge in [0, 0.05) is 26.2 Å². The average molecular weight is 313 g/mol. The molecule has 1 atom stereocenters. The molecule has 2 heterocycles. The van der Waals surface area contributed by atoms with Gasteiger partial charge >= 0.3 is 0 Å². The van der Waals surface area contributed by atoms with E-state index in [-0.39, 0.29) is 22.3 Å². The molecule has 0 aliphatic carbocycles. The topological polar surface area (TPSA) is 79.6 Å².